The summed E-state index contributed by atoms with van der Waals surface area (Å²) in [6, 6.07) is 10.5. The van der Waals surface area contributed by atoms with Gasteiger partial charge >= 0.3 is 19.7 Å². The fraction of sp³-hybridized carbons (Fsp3) is 0.500. The van der Waals surface area contributed by atoms with E-state index in [-0.39, 0.29) is 11.6 Å². The lowest BCUT2D eigenvalue weighted by atomic mass is 10.2. The number of anilines is 1. The number of benzene rings is 1. The van der Waals surface area contributed by atoms with Crippen LogP contribution in [0.15, 0.2) is 48.8 Å². The molecule has 0 saturated carbocycles. The van der Waals surface area contributed by atoms with E-state index in [1.54, 1.807) is 77.1 Å². The van der Waals surface area contributed by atoms with Crippen LogP contribution in [0.3, 0.4) is 0 Å². The number of aliphatic hydroxyl groups is 1. The van der Waals surface area contributed by atoms with Crippen molar-refractivity contribution in [1.82, 2.24) is 19.7 Å². The topological polar surface area (TPSA) is 186 Å². The highest BCUT2D eigenvalue weighted by atomic mass is 31.2. The number of nitrogens with zero attached hydrogens (tertiary/aromatic N) is 3. The number of aliphatic hydroxyl groups excluding tert-OH is 1. The van der Waals surface area contributed by atoms with Crippen LogP contribution in [0.5, 0.6) is 5.75 Å². The molecule has 3 aromatic rings. The molecule has 0 spiro atoms. The minimum absolute atomic E-state index is 0.213. The number of hydrogen-bond donors (Lipinski definition) is 3. The molecule has 236 valence electrons. The number of nitrogens with two attached hydrogens (primary N) is 1. The van der Waals surface area contributed by atoms with Gasteiger partial charge in [-0.15, -0.1) is 0 Å². The van der Waals surface area contributed by atoms with E-state index in [2.05, 4.69) is 15.2 Å². The first-order chi connectivity index (χ1) is 20.3. The third-order valence-corrected chi connectivity index (χ3v) is 7.72. The van der Waals surface area contributed by atoms with Gasteiger partial charge in [0.15, 0.2) is 5.82 Å². The zero-order valence-electron chi connectivity index (χ0n) is 25.1. The van der Waals surface area contributed by atoms with E-state index < -0.39 is 69.3 Å². The first kappa shape index (κ1) is 33.9. The highest BCUT2D eigenvalue weighted by molar-refractivity contribution is 7.52. The zero-order valence-corrected chi connectivity index (χ0v) is 26.0. The SMILES string of the molecule is CC(C)OC(=O)[C@@H](C)NP(=O)(OC[C@@H](O[C@H](CO)c1ccc2c(N)ncnn12)C(C)OC(=O)C(C)C)Oc1ccccc1. The quantitative estimate of drug-likeness (QED) is 0.156. The van der Waals surface area contributed by atoms with Crippen molar-refractivity contribution in [2.24, 2.45) is 5.92 Å². The maximum absolute atomic E-state index is 14.0. The lowest BCUT2D eigenvalue weighted by molar-refractivity contribution is -0.167. The third-order valence-electron chi connectivity index (χ3n) is 6.08. The summed E-state index contributed by atoms with van der Waals surface area (Å²) in [7, 11) is -4.28. The second-order valence-corrected chi connectivity index (χ2v) is 12.1. The van der Waals surface area contributed by atoms with Crippen molar-refractivity contribution in [3.63, 3.8) is 0 Å². The van der Waals surface area contributed by atoms with Crippen LogP contribution < -0.4 is 15.3 Å². The number of esters is 2. The lowest BCUT2D eigenvalue weighted by Crippen LogP contribution is -2.40. The number of para-hydroxylation sites is 1. The second kappa shape index (κ2) is 15.3. The summed E-state index contributed by atoms with van der Waals surface area (Å²) in [5.74, 6) is -1.16. The molecule has 2 unspecified atom stereocenters. The van der Waals surface area contributed by atoms with E-state index in [1.807, 2.05) is 0 Å². The summed E-state index contributed by atoms with van der Waals surface area (Å²) >= 11 is 0. The fourth-order valence-corrected chi connectivity index (χ4v) is 5.32. The largest absolute Gasteiger partial charge is 0.462 e. The van der Waals surface area contributed by atoms with Crippen LogP contribution >= 0.6 is 7.75 Å². The number of hydrogen-bond acceptors (Lipinski definition) is 12. The van der Waals surface area contributed by atoms with Crippen LogP contribution in [0.25, 0.3) is 5.52 Å². The van der Waals surface area contributed by atoms with Gasteiger partial charge in [-0.3, -0.25) is 14.1 Å². The Balaban J connectivity index is 1.90. The van der Waals surface area contributed by atoms with Crippen LogP contribution in [0.2, 0.25) is 0 Å². The highest BCUT2D eigenvalue weighted by Crippen LogP contribution is 2.45. The molecule has 0 amide bonds. The Hall–Kier alpha value is -3.55. The minimum atomic E-state index is -4.28. The number of aromatic nitrogens is 3. The van der Waals surface area contributed by atoms with Gasteiger partial charge in [-0.25, -0.2) is 14.1 Å². The summed E-state index contributed by atoms with van der Waals surface area (Å²) in [5, 5.41) is 17.1. The van der Waals surface area contributed by atoms with Gasteiger partial charge in [0, 0.05) is 0 Å². The van der Waals surface area contributed by atoms with Crippen molar-refractivity contribution in [3.8, 4) is 5.75 Å². The van der Waals surface area contributed by atoms with Gasteiger partial charge in [-0.05, 0) is 52.0 Å². The van der Waals surface area contributed by atoms with Crippen LogP contribution in [-0.2, 0) is 32.9 Å². The molecular formula is C28H40N5O9P. The minimum Gasteiger partial charge on any atom is -0.462 e. The van der Waals surface area contributed by atoms with Gasteiger partial charge in [0.1, 0.15) is 41.9 Å². The summed E-state index contributed by atoms with van der Waals surface area (Å²) in [5.41, 5.74) is 6.89. The second-order valence-electron chi connectivity index (χ2n) is 10.4. The monoisotopic (exact) mass is 621 g/mol. The molecule has 43 heavy (non-hydrogen) atoms. The van der Waals surface area contributed by atoms with Crippen LogP contribution in [0.1, 0.15) is 53.3 Å². The molecule has 2 aromatic heterocycles. The van der Waals surface area contributed by atoms with Crippen molar-refractivity contribution in [2.45, 2.75) is 72.0 Å². The van der Waals surface area contributed by atoms with Gasteiger partial charge in [0.05, 0.1) is 30.9 Å². The van der Waals surface area contributed by atoms with Gasteiger partial charge in [-0.1, -0.05) is 32.0 Å². The number of carbonyl (C=O) groups excluding carboxylic acids is 2. The van der Waals surface area contributed by atoms with E-state index >= 15 is 0 Å². The molecule has 5 atom stereocenters. The maximum atomic E-state index is 14.0. The average Bonchev–Trinajstić information content (AvgIpc) is 3.38. The molecule has 0 aliphatic rings. The number of nitrogens with one attached hydrogen (secondary N) is 1. The smallest absolute Gasteiger partial charge is 0.459 e. The van der Waals surface area contributed by atoms with Gasteiger partial charge in [0.25, 0.3) is 0 Å². The van der Waals surface area contributed by atoms with Gasteiger partial charge in [-0.2, -0.15) is 10.2 Å². The van der Waals surface area contributed by atoms with Gasteiger partial charge in [0.2, 0.25) is 0 Å². The number of ether oxygens (including phenoxy) is 3. The van der Waals surface area contributed by atoms with Crippen molar-refractivity contribution in [1.29, 1.82) is 0 Å². The van der Waals surface area contributed by atoms with Crippen LogP contribution in [-0.4, -0.2) is 69.2 Å². The predicted octanol–water partition coefficient (Wildman–Crippen LogP) is 3.45. The molecule has 3 rings (SSSR count). The molecule has 2 heterocycles. The summed E-state index contributed by atoms with van der Waals surface area (Å²) in [6.07, 6.45) is -2.13. The standard InChI is InChI=1S/C28H40N5O9P/c1-17(2)27(35)40-20(6)25(41-24(14-34)22-12-13-23-26(29)30-16-31-33(22)23)15-38-43(37,42-21-10-8-7-9-11-21)32-19(5)28(36)39-18(3)4/h7-13,16-20,24-25,34H,14-15H2,1-6H3,(H,32,37)(H2,29,30,31)/t19-,20?,24-,25-,43?/m1/s1. The van der Waals surface area contributed by atoms with Crippen molar-refractivity contribution in [3.05, 3.63) is 54.5 Å². The predicted molar refractivity (Wildman–Crippen MR) is 157 cm³/mol. The average molecular weight is 622 g/mol. The first-order valence-corrected chi connectivity index (χ1v) is 15.4. The Kier molecular flexibility index (Phi) is 12.0. The molecule has 0 bridgehead atoms. The molecule has 0 saturated heterocycles. The number of nitrogen functional groups attached to an aromatic ring is 1. The molecule has 0 aliphatic carbocycles. The molecule has 1 aromatic carbocycles. The lowest BCUT2D eigenvalue weighted by Gasteiger charge is -2.30. The van der Waals surface area contributed by atoms with Crippen LogP contribution in [0, 0.1) is 5.92 Å². The Morgan fingerprint density at radius 3 is 2.35 bits per heavy atom. The first-order valence-electron chi connectivity index (χ1n) is 13.9. The summed E-state index contributed by atoms with van der Waals surface area (Å²) in [4.78, 5) is 28.9. The fourth-order valence-electron chi connectivity index (χ4n) is 3.82. The van der Waals surface area contributed by atoms with Crippen LogP contribution in [0.4, 0.5) is 5.82 Å². The van der Waals surface area contributed by atoms with E-state index in [9.17, 15) is 19.3 Å². The van der Waals surface area contributed by atoms with Crippen molar-refractivity contribution >= 4 is 31.0 Å². The Morgan fingerprint density at radius 1 is 1.02 bits per heavy atom. The highest BCUT2D eigenvalue weighted by Gasteiger charge is 2.36. The van der Waals surface area contributed by atoms with E-state index in [1.165, 1.54) is 17.8 Å². The molecule has 0 aliphatic heterocycles. The number of fused-ring (bicyclic) bond motifs is 1. The van der Waals surface area contributed by atoms with E-state index in [4.69, 9.17) is 29.0 Å². The molecule has 15 heteroatoms. The maximum Gasteiger partial charge on any atom is 0.459 e. The normalized spacial score (nSPS) is 15.9. The zero-order chi connectivity index (χ0) is 31.7. The summed E-state index contributed by atoms with van der Waals surface area (Å²) in [6.45, 7) is 8.85. The van der Waals surface area contributed by atoms with E-state index in [0.29, 0.717) is 11.2 Å². The molecule has 0 radical (unpaired) electrons. The molecule has 0 fully saturated rings. The van der Waals surface area contributed by atoms with Gasteiger partial charge < -0.3 is 29.6 Å². The Labute approximate surface area is 250 Å². The van der Waals surface area contributed by atoms with E-state index in [0.717, 1.165) is 0 Å². The van der Waals surface area contributed by atoms with Crippen molar-refractivity contribution < 1.29 is 42.5 Å². The molecule has 14 nitrogen and oxygen atoms in total. The Morgan fingerprint density at radius 2 is 1.72 bits per heavy atom. The van der Waals surface area contributed by atoms with Crippen molar-refractivity contribution in [2.75, 3.05) is 18.9 Å². The number of carbonyl (C=O) groups is 2. The Bertz CT molecular complexity index is 1400. The number of rotatable bonds is 16. The third kappa shape index (κ3) is 9.47. The molecular weight excluding hydrogens is 581 g/mol. The summed E-state index contributed by atoms with van der Waals surface area (Å²) < 4.78 is 44.1. The molecule has 4 N–H and O–H groups in total.